The highest BCUT2D eigenvalue weighted by atomic mass is 35.5. The Morgan fingerprint density at radius 2 is 2.19 bits per heavy atom. The zero-order valence-electron chi connectivity index (χ0n) is 14.5. The van der Waals surface area contributed by atoms with Crippen molar-refractivity contribution in [3.63, 3.8) is 0 Å². The second-order valence-electron chi connectivity index (χ2n) is 6.85. The number of nitrogen functional groups attached to an aromatic ring is 1. The second kappa shape index (κ2) is 6.49. The molecule has 0 saturated heterocycles. The third-order valence-corrected chi connectivity index (χ3v) is 4.37. The predicted octanol–water partition coefficient (Wildman–Crippen LogP) is 2.77. The van der Waals surface area contributed by atoms with Crippen molar-refractivity contribution in [2.75, 3.05) is 5.73 Å². The summed E-state index contributed by atoms with van der Waals surface area (Å²) >= 11 is 0. The van der Waals surface area contributed by atoms with Crippen molar-refractivity contribution in [1.82, 2.24) is 19.9 Å². The normalized spacial score (nSPS) is 17.7. The van der Waals surface area contributed by atoms with E-state index in [1.165, 1.54) is 0 Å². The van der Waals surface area contributed by atoms with Gasteiger partial charge in [0.2, 0.25) is 0 Å². The minimum absolute atomic E-state index is 0. The topological polar surface area (TPSA) is 94.5 Å². The Kier molecular flexibility index (Phi) is 4.50. The van der Waals surface area contributed by atoms with Gasteiger partial charge in [0.05, 0.1) is 29.5 Å². The Balaban J connectivity index is 0.00000196. The number of nitrogens with two attached hydrogens (primary N) is 1. The first-order chi connectivity index (χ1) is 11.9. The number of hydrogen-bond acceptors (Lipinski definition) is 5. The van der Waals surface area contributed by atoms with Gasteiger partial charge in [0, 0.05) is 30.1 Å². The van der Waals surface area contributed by atoms with Crippen molar-refractivity contribution >= 4 is 29.5 Å². The van der Waals surface area contributed by atoms with Gasteiger partial charge in [0.25, 0.3) is 5.91 Å². The van der Waals surface area contributed by atoms with Gasteiger partial charge >= 0.3 is 0 Å². The number of anilines is 1. The number of benzene rings is 1. The lowest BCUT2D eigenvalue weighted by atomic mass is 9.89. The molecule has 0 fully saturated rings. The molecule has 1 aliphatic rings. The molecule has 1 unspecified atom stereocenters. The minimum atomic E-state index is -0.385. The molecule has 1 aliphatic heterocycles. The van der Waals surface area contributed by atoms with Crippen molar-refractivity contribution in [3.8, 4) is 5.75 Å². The maximum Gasteiger partial charge on any atom is 0.255 e. The van der Waals surface area contributed by atoms with Gasteiger partial charge in [-0.1, -0.05) is 0 Å². The average molecular weight is 374 g/mol. The van der Waals surface area contributed by atoms with Crippen LogP contribution in [0.25, 0.3) is 5.52 Å². The lowest BCUT2D eigenvalue weighted by Crippen LogP contribution is -2.41. The SMILES string of the molecule is CC1(C)CC(NC(=O)c2cnn3ccncc23)c2cc(N)ccc2O1.Cl. The van der Waals surface area contributed by atoms with E-state index in [9.17, 15) is 4.79 Å². The molecule has 0 radical (unpaired) electrons. The Hall–Kier alpha value is -2.80. The van der Waals surface area contributed by atoms with Crippen molar-refractivity contribution in [2.24, 2.45) is 0 Å². The number of hydrogen-bond donors (Lipinski definition) is 2. The molecule has 3 aromatic rings. The van der Waals surface area contributed by atoms with Crippen LogP contribution in [0.2, 0.25) is 0 Å². The van der Waals surface area contributed by atoms with E-state index in [1.54, 1.807) is 35.4 Å². The van der Waals surface area contributed by atoms with Crippen LogP contribution < -0.4 is 15.8 Å². The molecule has 3 N–H and O–H groups in total. The summed E-state index contributed by atoms with van der Waals surface area (Å²) in [6, 6.07) is 5.31. The highest BCUT2D eigenvalue weighted by Gasteiger charge is 2.35. The molecule has 2 aromatic heterocycles. The first-order valence-electron chi connectivity index (χ1n) is 8.10. The minimum Gasteiger partial charge on any atom is -0.487 e. The molecule has 1 atom stereocenters. The summed E-state index contributed by atoms with van der Waals surface area (Å²) in [5, 5.41) is 7.29. The summed E-state index contributed by atoms with van der Waals surface area (Å²) in [7, 11) is 0. The van der Waals surface area contributed by atoms with Gasteiger partial charge in [-0.2, -0.15) is 5.10 Å². The summed E-state index contributed by atoms with van der Waals surface area (Å²) in [6.07, 6.45) is 7.16. The van der Waals surface area contributed by atoms with E-state index in [4.69, 9.17) is 10.5 Å². The van der Waals surface area contributed by atoms with Crippen molar-refractivity contribution in [2.45, 2.75) is 31.9 Å². The molecule has 0 aliphatic carbocycles. The molecule has 7 nitrogen and oxygen atoms in total. The maximum absolute atomic E-state index is 12.8. The number of nitrogens with zero attached hydrogens (tertiary/aromatic N) is 3. The van der Waals surface area contributed by atoms with E-state index < -0.39 is 0 Å². The fourth-order valence-corrected chi connectivity index (χ4v) is 3.25. The Morgan fingerprint density at radius 3 is 3.00 bits per heavy atom. The van der Waals surface area contributed by atoms with E-state index >= 15 is 0 Å². The van der Waals surface area contributed by atoms with Crippen LogP contribution in [0, 0.1) is 0 Å². The van der Waals surface area contributed by atoms with Crippen molar-refractivity contribution in [3.05, 3.63) is 54.1 Å². The molecular formula is C18H20ClN5O2. The molecule has 26 heavy (non-hydrogen) atoms. The summed E-state index contributed by atoms with van der Waals surface area (Å²) < 4.78 is 7.64. The van der Waals surface area contributed by atoms with Gasteiger partial charge < -0.3 is 15.8 Å². The van der Waals surface area contributed by atoms with Crippen LogP contribution in [0.5, 0.6) is 5.75 Å². The number of rotatable bonds is 2. The zero-order valence-corrected chi connectivity index (χ0v) is 15.3. The van der Waals surface area contributed by atoms with Crippen LogP contribution in [-0.2, 0) is 0 Å². The molecule has 4 rings (SSSR count). The van der Waals surface area contributed by atoms with Gasteiger partial charge in [0.1, 0.15) is 11.4 Å². The van der Waals surface area contributed by atoms with Crippen LogP contribution in [0.3, 0.4) is 0 Å². The first kappa shape index (κ1) is 18.0. The van der Waals surface area contributed by atoms with Gasteiger partial charge in [-0.3, -0.25) is 9.78 Å². The van der Waals surface area contributed by atoms with E-state index in [2.05, 4.69) is 15.4 Å². The number of halogens is 1. The molecule has 3 heterocycles. The lowest BCUT2D eigenvalue weighted by molar-refractivity contribution is 0.0620. The fraction of sp³-hybridized carbons (Fsp3) is 0.278. The van der Waals surface area contributed by atoms with Crippen LogP contribution in [-0.4, -0.2) is 26.1 Å². The zero-order chi connectivity index (χ0) is 17.6. The van der Waals surface area contributed by atoms with Crippen LogP contribution in [0.1, 0.15) is 42.2 Å². The molecule has 136 valence electrons. The lowest BCUT2D eigenvalue weighted by Gasteiger charge is -2.38. The van der Waals surface area contributed by atoms with E-state index in [1.807, 2.05) is 26.0 Å². The fourth-order valence-electron chi connectivity index (χ4n) is 3.25. The van der Waals surface area contributed by atoms with Crippen LogP contribution in [0.4, 0.5) is 5.69 Å². The number of carbonyl (C=O) groups is 1. The van der Waals surface area contributed by atoms with E-state index in [-0.39, 0.29) is 30.0 Å². The Bertz CT molecular complexity index is 969. The number of carbonyl (C=O) groups excluding carboxylic acids is 1. The van der Waals surface area contributed by atoms with Crippen molar-refractivity contribution < 1.29 is 9.53 Å². The maximum atomic E-state index is 12.8. The number of nitrogens with one attached hydrogen (secondary N) is 1. The first-order valence-corrected chi connectivity index (χ1v) is 8.10. The third kappa shape index (κ3) is 3.17. The molecule has 8 heteroatoms. The van der Waals surface area contributed by atoms with Crippen LogP contribution in [0.15, 0.2) is 43.0 Å². The van der Waals surface area contributed by atoms with Gasteiger partial charge in [0.15, 0.2) is 0 Å². The summed E-state index contributed by atoms with van der Waals surface area (Å²) in [5.41, 5.74) is 8.22. The van der Waals surface area contributed by atoms with Gasteiger partial charge in [-0.25, -0.2) is 4.52 Å². The van der Waals surface area contributed by atoms with Gasteiger partial charge in [-0.05, 0) is 32.0 Å². The molecule has 0 saturated carbocycles. The second-order valence-corrected chi connectivity index (χ2v) is 6.85. The number of fused-ring (bicyclic) bond motifs is 2. The molecule has 0 spiro atoms. The molecular weight excluding hydrogens is 354 g/mol. The van der Waals surface area contributed by atoms with Crippen molar-refractivity contribution in [1.29, 1.82) is 0 Å². The monoisotopic (exact) mass is 373 g/mol. The molecule has 1 aromatic carbocycles. The highest BCUT2D eigenvalue weighted by Crippen LogP contribution is 2.40. The predicted molar refractivity (Wildman–Crippen MR) is 101 cm³/mol. The summed E-state index contributed by atoms with van der Waals surface area (Å²) in [5.74, 6) is 0.552. The number of ether oxygens (including phenoxy) is 1. The van der Waals surface area contributed by atoms with Crippen LogP contribution >= 0.6 is 12.4 Å². The summed E-state index contributed by atoms with van der Waals surface area (Å²) in [4.78, 5) is 16.9. The number of aromatic nitrogens is 3. The molecule has 0 bridgehead atoms. The quantitative estimate of drug-likeness (QED) is 0.673. The standard InChI is InChI=1S/C18H19N5O2.ClH/c1-18(2)8-14(12-7-11(19)3-4-16(12)25-18)22-17(24)13-9-21-23-6-5-20-10-15(13)23;/h3-7,9-10,14H,8,19H2,1-2H3,(H,22,24);1H. The third-order valence-electron chi connectivity index (χ3n) is 4.37. The highest BCUT2D eigenvalue weighted by molar-refractivity contribution is 6.00. The Labute approximate surface area is 157 Å². The number of amides is 1. The summed E-state index contributed by atoms with van der Waals surface area (Å²) in [6.45, 7) is 4.01. The largest absolute Gasteiger partial charge is 0.487 e. The molecule has 1 amide bonds. The van der Waals surface area contributed by atoms with E-state index in [0.29, 0.717) is 23.2 Å². The average Bonchev–Trinajstić information content (AvgIpc) is 2.99. The van der Waals surface area contributed by atoms with Gasteiger partial charge in [-0.15, -0.1) is 12.4 Å². The van der Waals surface area contributed by atoms with E-state index in [0.717, 1.165) is 11.3 Å². The Morgan fingerprint density at radius 1 is 1.38 bits per heavy atom. The smallest absolute Gasteiger partial charge is 0.255 e.